The number of rotatable bonds is 6. The predicted molar refractivity (Wildman–Crippen MR) is 87.9 cm³/mol. The molecule has 0 saturated heterocycles. The van der Waals surface area contributed by atoms with Crippen LogP contribution in [0.1, 0.15) is 10.4 Å². The topological polar surface area (TPSA) is 159 Å². The minimum Gasteiger partial charge on any atom is -0.467 e. The second-order valence-electron chi connectivity index (χ2n) is 4.31. The maximum atomic E-state index is 12.3. The number of hydrogen-bond acceptors (Lipinski definition) is 11. The zero-order valence-electron chi connectivity index (χ0n) is 13.7. The molecule has 0 spiro atoms. The third-order valence-corrected chi connectivity index (χ3v) is 5.51. The van der Waals surface area contributed by atoms with E-state index in [-0.39, 0.29) is 27.7 Å². The molecule has 14 heteroatoms. The van der Waals surface area contributed by atoms with Crippen molar-refractivity contribution in [3.8, 4) is 12.0 Å². The fraction of sp³-hybridized carbons (Fsp3) is 0.250. The predicted octanol–water partition coefficient (Wildman–Crippen LogP) is 0.247. The van der Waals surface area contributed by atoms with E-state index in [2.05, 4.69) is 25.0 Å². The van der Waals surface area contributed by atoms with Crippen molar-refractivity contribution in [1.82, 2.24) is 19.7 Å². The molecule has 140 valence electrons. The first kappa shape index (κ1) is 19.3. The summed E-state index contributed by atoms with van der Waals surface area (Å²) in [7, 11) is -0.650. The lowest BCUT2D eigenvalue weighted by molar-refractivity contribution is 0.0597. The van der Waals surface area contributed by atoms with Crippen molar-refractivity contribution in [2.75, 3.05) is 26.6 Å². The Morgan fingerprint density at radius 3 is 2.23 bits per heavy atom. The number of carbonyl (C=O) groups excluding carboxylic acids is 2. The fourth-order valence-electron chi connectivity index (χ4n) is 1.64. The van der Waals surface area contributed by atoms with Crippen molar-refractivity contribution in [3.05, 3.63) is 17.0 Å². The van der Waals surface area contributed by atoms with Gasteiger partial charge in [-0.25, -0.2) is 22.7 Å². The smallest absolute Gasteiger partial charge is 0.340 e. The van der Waals surface area contributed by atoms with E-state index in [9.17, 15) is 18.0 Å². The molecule has 0 atom stereocenters. The molecule has 2 heterocycles. The molecular weight excluding hydrogens is 390 g/mol. The average Bonchev–Trinajstić information content (AvgIpc) is 3.10. The molecular formula is C12H13N5O7S2. The number of nitrogens with one attached hydrogen (secondary N) is 2. The number of thiophene rings is 1. The van der Waals surface area contributed by atoms with Gasteiger partial charge in [-0.15, -0.1) is 16.3 Å². The van der Waals surface area contributed by atoms with Crippen LogP contribution in [-0.2, 0) is 14.8 Å². The van der Waals surface area contributed by atoms with Gasteiger partial charge in [-0.2, -0.15) is 9.97 Å². The van der Waals surface area contributed by atoms with Crippen LogP contribution in [0.3, 0.4) is 0 Å². The molecule has 0 saturated carbocycles. The van der Waals surface area contributed by atoms with Crippen LogP contribution >= 0.6 is 11.3 Å². The minimum atomic E-state index is -4.33. The monoisotopic (exact) mass is 403 g/mol. The van der Waals surface area contributed by atoms with Crippen LogP contribution in [0.25, 0.3) is 0 Å². The maximum Gasteiger partial charge on any atom is 0.340 e. The van der Waals surface area contributed by atoms with Crippen LogP contribution < -0.4 is 19.5 Å². The zero-order chi connectivity index (χ0) is 19.3. The highest BCUT2D eigenvalue weighted by Crippen LogP contribution is 2.23. The number of ether oxygens (including phenoxy) is 3. The van der Waals surface area contributed by atoms with Crippen molar-refractivity contribution >= 4 is 39.3 Å². The van der Waals surface area contributed by atoms with Gasteiger partial charge in [-0.1, -0.05) is 0 Å². The van der Waals surface area contributed by atoms with Gasteiger partial charge in [-0.3, -0.25) is 5.32 Å². The highest BCUT2D eigenvalue weighted by atomic mass is 32.2. The first-order valence-electron chi connectivity index (χ1n) is 6.64. The van der Waals surface area contributed by atoms with Crippen molar-refractivity contribution in [1.29, 1.82) is 0 Å². The van der Waals surface area contributed by atoms with Gasteiger partial charge >= 0.3 is 24.0 Å². The van der Waals surface area contributed by atoms with Crippen LogP contribution in [0.2, 0.25) is 0 Å². The summed E-state index contributed by atoms with van der Waals surface area (Å²) < 4.78 is 40.1. The van der Waals surface area contributed by atoms with Crippen LogP contribution in [0.4, 0.5) is 10.7 Å². The summed E-state index contributed by atoms with van der Waals surface area (Å²) >= 11 is 0.748. The van der Waals surface area contributed by atoms with Gasteiger partial charge in [0.15, 0.2) is 4.21 Å². The van der Waals surface area contributed by atoms with E-state index in [0.29, 0.717) is 0 Å². The number of methoxy groups -OCH3 is 3. The largest absolute Gasteiger partial charge is 0.467 e. The highest BCUT2D eigenvalue weighted by molar-refractivity contribution is 7.92. The summed E-state index contributed by atoms with van der Waals surface area (Å²) in [5, 5.41) is 3.48. The first-order valence-corrected chi connectivity index (χ1v) is 9.00. The van der Waals surface area contributed by atoms with Gasteiger partial charge in [0.1, 0.15) is 0 Å². The number of sulfonamides is 1. The molecule has 26 heavy (non-hydrogen) atoms. The molecule has 12 nitrogen and oxygen atoms in total. The van der Waals surface area contributed by atoms with E-state index in [1.54, 1.807) is 4.72 Å². The molecule has 0 fully saturated rings. The first-order chi connectivity index (χ1) is 12.3. The summed E-state index contributed by atoms with van der Waals surface area (Å²) in [4.78, 5) is 34.8. The number of aromatic nitrogens is 3. The lowest BCUT2D eigenvalue weighted by atomic mass is 10.3. The highest BCUT2D eigenvalue weighted by Gasteiger charge is 2.27. The van der Waals surface area contributed by atoms with E-state index in [1.165, 1.54) is 25.7 Å². The Morgan fingerprint density at radius 1 is 1.08 bits per heavy atom. The van der Waals surface area contributed by atoms with Gasteiger partial charge in [0, 0.05) is 0 Å². The Bertz CT molecular complexity index is 906. The Balaban J connectivity index is 2.20. The maximum absolute atomic E-state index is 12.3. The molecule has 0 bridgehead atoms. The number of urea groups is 1. The lowest BCUT2D eigenvalue weighted by Gasteiger charge is -2.09. The zero-order valence-corrected chi connectivity index (χ0v) is 15.3. The molecule has 0 unspecified atom stereocenters. The third-order valence-electron chi connectivity index (χ3n) is 2.69. The lowest BCUT2D eigenvalue weighted by Crippen LogP contribution is -2.35. The summed E-state index contributed by atoms with van der Waals surface area (Å²) in [5.74, 6) is -1.15. The number of amides is 2. The molecule has 0 aromatic carbocycles. The fourth-order valence-corrected chi connectivity index (χ4v) is 3.87. The molecule has 0 aliphatic carbocycles. The van der Waals surface area contributed by atoms with Gasteiger partial charge in [0.05, 0.1) is 26.9 Å². The number of esters is 1. The Morgan fingerprint density at radius 2 is 1.69 bits per heavy atom. The van der Waals surface area contributed by atoms with Crippen molar-refractivity contribution in [2.24, 2.45) is 0 Å². The van der Waals surface area contributed by atoms with Crippen molar-refractivity contribution in [3.63, 3.8) is 0 Å². The van der Waals surface area contributed by atoms with E-state index in [1.807, 2.05) is 0 Å². The molecule has 2 aromatic heterocycles. The molecule has 0 radical (unpaired) electrons. The van der Waals surface area contributed by atoms with Crippen LogP contribution in [0, 0.1) is 0 Å². The Labute approximate surface area is 151 Å². The van der Waals surface area contributed by atoms with Crippen molar-refractivity contribution < 1.29 is 32.2 Å². The second kappa shape index (κ2) is 7.92. The third kappa shape index (κ3) is 4.34. The van der Waals surface area contributed by atoms with E-state index >= 15 is 0 Å². The second-order valence-corrected chi connectivity index (χ2v) is 7.10. The molecule has 2 rings (SSSR count). The minimum absolute atomic E-state index is 0.152. The summed E-state index contributed by atoms with van der Waals surface area (Å²) in [6.45, 7) is 0. The number of anilines is 1. The van der Waals surface area contributed by atoms with E-state index in [0.717, 1.165) is 18.4 Å². The number of nitrogens with zero attached hydrogens (tertiary/aromatic N) is 3. The molecule has 2 aromatic rings. The SMILES string of the molecule is COC(=O)c1ccsc1S(=O)(=O)NC(=O)Nc1nc(OC)nc(OC)n1. The summed E-state index contributed by atoms with van der Waals surface area (Å²) in [6, 6.07) is -0.197. The van der Waals surface area contributed by atoms with Crippen LogP contribution in [-0.4, -0.2) is 56.7 Å². The average molecular weight is 403 g/mol. The summed E-state index contributed by atoms with van der Waals surface area (Å²) in [6.07, 6.45) is 0. The van der Waals surface area contributed by atoms with Gasteiger partial charge in [0.25, 0.3) is 10.0 Å². The summed E-state index contributed by atoms with van der Waals surface area (Å²) in [5.41, 5.74) is -0.193. The normalized spacial score (nSPS) is 10.7. The van der Waals surface area contributed by atoms with Crippen LogP contribution in [0.15, 0.2) is 15.7 Å². The standard InChI is InChI=1S/C12H13N5O7S2/c1-22-7(18)6-4-5-25-8(6)26(20,21)17-10(19)13-9-14-11(23-2)16-12(15-9)24-3/h4-5H,1-3H3,(H2,13,14,15,16,17,19). The van der Waals surface area contributed by atoms with Crippen LogP contribution in [0.5, 0.6) is 12.0 Å². The van der Waals surface area contributed by atoms with E-state index < -0.39 is 22.0 Å². The quantitative estimate of drug-likeness (QED) is 0.640. The Kier molecular flexibility index (Phi) is 5.89. The Hall–Kier alpha value is -3.00. The van der Waals surface area contributed by atoms with Gasteiger partial charge < -0.3 is 14.2 Å². The molecule has 0 aliphatic heterocycles. The molecule has 2 N–H and O–H groups in total. The van der Waals surface area contributed by atoms with E-state index in [4.69, 9.17) is 9.47 Å². The van der Waals surface area contributed by atoms with Crippen molar-refractivity contribution in [2.45, 2.75) is 4.21 Å². The molecule has 0 aliphatic rings. The van der Waals surface area contributed by atoms with Gasteiger partial charge in [0.2, 0.25) is 5.95 Å². The van der Waals surface area contributed by atoms with Gasteiger partial charge in [-0.05, 0) is 11.4 Å². The number of carbonyl (C=O) groups is 2. The number of hydrogen-bond donors (Lipinski definition) is 2. The molecule has 2 amide bonds.